The Morgan fingerprint density at radius 3 is 2.67 bits per heavy atom. The first-order chi connectivity index (χ1) is 16.2. The van der Waals surface area contributed by atoms with Crippen molar-refractivity contribution in [2.45, 2.75) is 6.92 Å². The van der Waals surface area contributed by atoms with E-state index in [4.69, 9.17) is 19.8 Å². The predicted molar refractivity (Wildman–Crippen MR) is 127 cm³/mol. The predicted octanol–water partition coefficient (Wildman–Crippen LogP) is 4.02. The van der Waals surface area contributed by atoms with Crippen LogP contribution < -0.4 is 4.90 Å². The van der Waals surface area contributed by atoms with Crippen LogP contribution in [0.15, 0.2) is 67.0 Å². The normalized spacial score (nSPS) is 14.2. The number of ether oxygens (including phenoxy) is 1. The van der Waals surface area contributed by atoms with E-state index in [-0.39, 0.29) is 0 Å². The van der Waals surface area contributed by atoms with Crippen LogP contribution in [-0.2, 0) is 4.74 Å². The lowest BCUT2D eigenvalue weighted by Crippen LogP contribution is -2.36. The third-order valence-electron chi connectivity index (χ3n) is 5.82. The molecule has 1 aliphatic heterocycles. The number of nitrogens with one attached hydrogen (secondary N) is 1. The zero-order chi connectivity index (χ0) is 22.2. The summed E-state index contributed by atoms with van der Waals surface area (Å²) in [5.74, 6) is 1.42. The summed E-state index contributed by atoms with van der Waals surface area (Å²) in [6.07, 6.45) is 3.71. The fourth-order valence-electron chi connectivity index (χ4n) is 4.16. The van der Waals surface area contributed by atoms with Crippen molar-refractivity contribution < 1.29 is 4.74 Å². The Balaban J connectivity index is 1.47. The number of aryl methyl sites for hydroxylation is 1. The van der Waals surface area contributed by atoms with E-state index >= 15 is 0 Å². The van der Waals surface area contributed by atoms with E-state index in [0.29, 0.717) is 24.7 Å². The van der Waals surface area contributed by atoms with E-state index in [1.807, 2.05) is 41.2 Å². The number of rotatable bonds is 4. The highest BCUT2D eigenvalue weighted by atomic mass is 16.5. The van der Waals surface area contributed by atoms with Crippen molar-refractivity contribution in [3.63, 3.8) is 0 Å². The van der Waals surface area contributed by atoms with E-state index in [9.17, 15) is 0 Å². The van der Waals surface area contributed by atoms with E-state index < -0.39 is 0 Å². The van der Waals surface area contributed by atoms with Crippen molar-refractivity contribution in [1.29, 1.82) is 0 Å². The lowest BCUT2D eigenvalue weighted by Gasteiger charge is -2.29. The minimum atomic E-state index is 0.641. The molecule has 1 aromatic carbocycles. The lowest BCUT2D eigenvalue weighted by molar-refractivity contribution is 0.123. The van der Waals surface area contributed by atoms with Gasteiger partial charge in [-0.15, -0.1) is 0 Å². The second kappa shape index (κ2) is 8.14. The van der Waals surface area contributed by atoms with E-state index in [1.165, 1.54) is 5.56 Å². The van der Waals surface area contributed by atoms with Crippen molar-refractivity contribution in [3.05, 3.63) is 72.6 Å². The molecule has 1 N–H and O–H groups in total. The Bertz CT molecular complexity index is 1420. The minimum absolute atomic E-state index is 0.641. The number of nitrogens with zero attached hydrogens (tertiary/aromatic N) is 6. The van der Waals surface area contributed by atoms with Crippen LogP contribution in [0.5, 0.6) is 0 Å². The highest BCUT2D eigenvalue weighted by molar-refractivity contribution is 5.89. The molecular formula is C25H23N7O. The van der Waals surface area contributed by atoms with Crippen molar-refractivity contribution in [2.75, 3.05) is 31.2 Å². The average Bonchev–Trinajstić information content (AvgIpc) is 3.52. The van der Waals surface area contributed by atoms with Crippen molar-refractivity contribution in [2.24, 2.45) is 0 Å². The zero-order valence-corrected chi connectivity index (χ0v) is 18.3. The van der Waals surface area contributed by atoms with Gasteiger partial charge in [0.25, 0.3) is 0 Å². The highest BCUT2D eigenvalue weighted by Crippen LogP contribution is 2.30. The number of H-pyrrole nitrogens is 1. The van der Waals surface area contributed by atoms with Gasteiger partial charge in [-0.25, -0.2) is 14.6 Å². The molecule has 5 aromatic rings. The molecule has 6 rings (SSSR count). The molecule has 1 saturated heterocycles. The summed E-state index contributed by atoms with van der Waals surface area (Å²) in [5, 5.41) is 4.81. The maximum Gasteiger partial charge on any atom is 0.182 e. The van der Waals surface area contributed by atoms with Crippen molar-refractivity contribution in [1.82, 2.24) is 29.7 Å². The molecule has 8 heteroatoms. The standard InChI is InChI=1S/C25H23N7O/c1-17-5-4-6-18(15-17)19-8-10-32(30-19)22-16-21(31-11-13-33-14-12-31)23-25(27-22)29-24(28-23)20-7-2-3-9-26-20/h2-10,15-16H,11-14H2,1H3,(H,27,28,29). The molecule has 33 heavy (non-hydrogen) atoms. The Hall–Kier alpha value is -4.04. The number of imidazole rings is 1. The van der Waals surface area contributed by atoms with Gasteiger partial charge in [0.2, 0.25) is 0 Å². The molecule has 0 amide bonds. The molecule has 4 aromatic heterocycles. The van der Waals surface area contributed by atoms with E-state index in [1.54, 1.807) is 6.20 Å². The van der Waals surface area contributed by atoms with Crippen LogP contribution in [0.2, 0.25) is 0 Å². The highest BCUT2D eigenvalue weighted by Gasteiger charge is 2.20. The molecular weight excluding hydrogens is 414 g/mol. The van der Waals surface area contributed by atoms with Crippen LogP contribution in [0.25, 0.3) is 39.8 Å². The number of anilines is 1. The fourth-order valence-corrected chi connectivity index (χ4v) is 4.16. The molecule has 164 valence electrons. The van der Waals surface area contributed by atoms with Gasteiger partial charge in [0.15, 0.2) is 17.3 Å². The van der Waals surface area contributed by atoms with Crippen molar-refractivity contribution in [3.8, 4) is 28.6 Å². The molecule has 0 radical (unpaired) electrons. The fraction of sp³-hybridized carbons (Fsp3) is 0.200. The quantitative estimate of drug-likeness (QED) is 0.457. The van der Waals surface area contributed by atoms with Crippen LogP contribution >= 0.6 is 0 Å². The Kier molecular flexibility index (Phi) is 4.84. The smallest absolute Gasteiger partial charge is 0.182 e. The van der Waals surface area contributed by atoms with Gasteiger partial charge in [-0.3, -0.25) is 4.98 Å². The van der Waals surface area contributed by atoms with Crippen molar-refractivity contribution >= 4 is 16.9 Å². The van der Waals surface area contributed by atoms with Gasteiger partial charge in [0, 0.05) is 37.1 Å². The summed E-state index contributed by atoms with van der Waals surface area (Å²) >= 11 is 0. The first-order valence-corrected chi connectivity index (χ1v) is 11.0. The number of aromatic nitrogens is 6. The second-order valence-corrected chi connectivity index (χ2v) is 8.11. The minimum Gasteiger partial charge on any atom is -0.378 e. The average molecular weight is 438 g/mol. The maximum atomic E-state index is 5.57. The van der Waals surface area contributed by atoms with Crippen LogP contribution in [-0.4, -0.2) is 56.0 Å². The molecule has 8 nitrogen and oxygen atoms in total. The van der Waals surface area contributed by atoms with Gasteiger partial charge in [0.1, 0.15) is 11.2 Å². The van der Waals surface area contributed by atoms with Gasteiger partial charge >= 0.3 is 0 Å². The van der Waals surface area contributed by atoms with Gasteiger partial charge in [-0.1, -0.05) is 29.8 Å². The van der Waals surface area contributed by atoms with Crippen LogP contribution in [0.3, 0.4) is 0 Å². The third-order valence-corrected chi connectivity index (χ3v) is 5.82. The van der Waals surface area contributed by atoms with E-state index in [2.05, 4.69) is 46.1 Å². The Morgan fingerprint density at radius 2 is 1.85 bits per heavy atom. The number of pyridine rings is 2. The number of fused-ring (bicyclic) bond motifs is 1. The molecule has 0 atom stereocenters. The zero-order valence-electron chi connectivity index (χ0n) is 18.3. The number of morpholine rings is 1. The second-order valence-electron chi connectivity index (χ2n) is 8.11. The molecule has 0 unspecified atom stereocenters. The molecule has 0 aliphatic carbocycles. The topological polar surface area (TPSA) is 84.8 Å². The number of hydrogen-bond donors (Lipinski definition) is 1. The molecule has 0 spiro atoms. The van der Waals surface area contributed by atoms with Gasteiger partial charge in [0.05, 0.1) is 24.6 Å². The summed E-state index contributed by atoms with van der Waals surface area (Å²) in [5.41, 5.74) is 6.56. The van der Waals surface area contributed by atoms with E-state index in [0.717, 1.165) is 47.1 Å². The first-order valence-electron chi connectivity index (χ1n) is 11.0. The molecule has 1 fully saturated rings. The molecule has 5 heterocycles. The Labute approximate surface area is 190 Å². The third kappa shape index (κ3) is 3.74. The van der Waals surface area contributed by atoms with Gasteiger partial charge in [-0.05, 0) is 31.2 Å². The molecule has 0 saturated carbocycles. The number of aromatic amines is 1. The lowest BCUT2D eigenvalue weighted by atomic mass is 10.1. The summed E-state index contributed by atoms with van der Waals surface area (Å²) in [6, 6.07) is 18.2. The SMILES string of the molecule is Cc1cccc(-c2ccn(-c3cc(N4CCOCC4)c4[nH]c(-c5ccccn5)nc4n3)n2)c1. The summed E-state index contributed by atoms with van der Waals surface area (Å²) in [7, 11) is 0. The van der Waals surface area contributed by atoms with Crippen LogP contribution in [0.1, 0.15) is 5.56 Å². The molecule has 0 bridgehead atoms. The Morgan fingerprint density at radius 1 is 0.939 bits per heavy atom. The molecule has 1 aliphatic rings. The monoisotopic (exact) mass is 437 g/mol. The number of benzene rings is 1. The summed E-state index contributed by atoms with van der Waals surface area (Å²) in [6.45, 7) is 5.09. The maximum absolute atomic E-state index is 5.57. The van der Waals surface area contributed by atoms with Crippen LogP contribution in [0.4, 0.5) is 5.69 Å². The first kappa shape index (κ1) is 19.6. The summed E-state index contributed by atoms with van der Waals surface area (Å²) < 4.78 is 7.39. The summed E-state index contributed by atoms with van der Waals surface area (Å²) in [4.78, 5) is 19.8. The van der Waals surface area contributed by atoms with Gasteiger partial charge < -0.3 is 14.6 Å². The van der Waals surface area contributed by atoms with Crippen LogP contribution in [0, 0.1) is 6.92 Å². The van der Waals surface area contributed by atoms with Gasteiger partial charge in [-0.2, -0.15) is 5.10 Å². The largest absolute Gasteiger partial charge is 0.378 e. The number of hydrogen-bond acceptors (Lipinski definition) is 6.